The molecular formula is C21H22O3S2. The van der Waals surface area contributed by atoms with Gasteiger partial charge in [0.25, 0.3) is 0 Å². The second-order valence-corrected chi connectivity index (χ2v) is 9.41. The number of ether oxygens (including phenoxy) is 1. The molecule has 2 aromatic carbocycles. The molecule has 1 aliphatic heterocycles. The number of hydrogen-bond donors (Lipinski definition) is 0. The molecular weight excluding hydrogens is 364 g/mol. The third-order valence-electron chi connectivity index (χ3n) is 4.39. The quantitative estimate of drug-likeness (QED) is 0.529. The second kappa shape index (κ2) is 8.25. The van der Waals surface area contributed by atoms with E-state index in [0.717, 1.165) is 10.5 Å². The molecule has 0 N–H and O–H groups in total. The molecule has 26 heavy (non-hydrogen) atoms. The molecule has 1 saturated heterocycles. The van der Waals surface area contributed by atoms with Crippen molar-refractivity contribution in [3.05, 3.63) is 84.3 Å². The zero-order chi connectivity index (χ0) is 18.6. The first-order chi connectivity index (χ1) is 12.5. The number of thioether (sulfide) groups is 1. The van der Waals surface area contributed by atoms with Crippen molar-refractivity contribution in [1.82, 2.24) is 0 Å². The normalized spacial score (nSPS) is 23.3. The fourth-order valence-corrected chi connectivity index (χ4v) is 5.45. The highest BCUT2D eigenvalue weighted by atomic mass is 32.2. The number of aryl methyl sites for hydroxylation is 1. The molecule has 0 aliphatic carbocycles. The summed E-state index contributed by atoms with van der Waals surface area (Å²) in [6, 6.07) is 16.9. The van der Waals surface area contributed by atoms with Gasteiger partial charge in [0.15, 0.2) is 9.84 Å². The summed E-state index contributed by atoms with van der Waals surface area (Å²) in [5.41, 5.74) is 1.03. The van der Waals surface area contributed by atoms with Gasteiger partial charge in [0.05, 0.1) is 22.4 Å². The lowest BCUT2D eigenvalue weighted by Gasteiger charge is -2.16. The second-order valence-electron chi connectivity index (χ2n) is 6.27. The van der Waals surface area contributed by atoms with Crippen molar-refractivity contribution >= 4 is 21.6 Å². The van der Waals surface area contributed by atoms with Gasteiger partial charge in [-0.05, 0) is 49.1 Å². The minimum Gasteiger partial charge on any atom is -0.365 e. The van der Waals surface area contributed by atoms with Gasteiger partial charge in [-0.3, -0.25) is 0 Å². The van der Waals surface area contributed by atoms with E-state index in [2.05, 4.69) is 6.58 Å². The minimum atomic E-state index is -3.48. The van der Waals surface area contributed by atoms with E-state index in [9.17, 15) is 8.42 Å². The Morgan fingerprint density at radius 2 is 1.81 bits per heavy atom. The number of hydrogen-bond acceptors (Lipinski definition) is 4. The standard InChI is InChI=1S/C21H22O3S2/c1-3-17-15-21(26(22,23)19-11-9-16(2)10-12-19)20(24-17)13-14-25-18-7-5-4-6-8-18/h3-14,17,20-21H,1,15H2,2H3/b14-13+/t17-,20+,21+/m0/s1. The Morgan fingerprint density at radius 3 is 2.46 bits per heavy atom. The summed E-state index contributed by atoms with van der Waals surface area (Å²) in [5.74, 6) is 0. The molecule has 0 aromatic heterocycles. The van der Waals surface area contributed by atoms with E-state index in [4.69, 9.17) is 4.74 Å². The Bertz CT molecular complexity index is 871. The third-order valence-corrected chi connectivity index (χ3v) is 7.41. The first kappa shape index (κ1) is 19.0. The van der Waals surface area contributed by atoms with Gasteiger partial charge >= 0.3 is 0 Å². The highest BCUT2D eigenvalue weighted by Gasteiger charge is 2.41. The molecule has 5 heteroatoms. The van der Waals surface area contributed by atoms with Gasteiger partial charge < -0.3 is 4.74 Å². The smallest absolute Gasteiger partial charge is 0.184 e. The van der Waals surface area contributed by atoms with Gasteiger partial charge in [-0.25, -0.2) is 8.42 Å². The average molecular weight is 387 g/mol. The molecule has 1 aliphatic rings. The van der Waals surface area contributed by atoms with Crippen LogP contribution in [0.15, 0.2) is 88.5 Å². The predicted octanol–water partition coefficient (Wildman–Crippen LogP) is 4.79. The molecule has 1 heterocycles. The molecule has 0 saturated carbocycles. The molecule has 3 rings (SSSR count). The first-order valence-corrected chi connectivity index (χ1v) is 10.9. The lowest BCUT2D eigenvalue weighted by Crippen LogP contribution is -2.28. The van der Waals surface area contributed by atoms with Crippen LogP contribution in [0.5, 0.6) is 0 Å². The van der Waals surface area contributed by atoms with Crippen molar-refractivity contribution in [3.63, 3.8) is 0 Å². The van der Waals surface area contributed by atoms with Crippen LogP contribution >= 0.6 is 11.8 Å². The van der Waals surface area contributed by atoms with E-state index in [-0.39, 0.29) is 6.10 Å². The lowest BCUT2D eigenvalue weighted by atomic mass is 10.2. The van der Waals surface area contributed by atoms with Crippen LogP contribution in [-0.2, 0) is 14.6 Å². The van der Waals surface area contributed by atoms with Crippen molar-refractivity contribution in [2.75, 3.05) is 0 Å². The number of benzene rings is 2. The van der Waals surface area contributed by atoms with E-state index in [1.54, 1.807) is 30.0 Å². The summed E-state index contributed by atoms with van der Waals surface area (Å²) < 4.78 is 32.1. The van der Waals surface area contributed by atoms with Crippen LogP contribution in [-0.4, -0.2) is 25.9 Å². The molecule has 2 aromatic rings. The molecule has 3 atom stereocenters. The topological polar surface area (TPSA) is 43.4 Å². The molecule has 136 valence electrons. The van der Waals surface area contributed by atoms with Crippen LogP contribution in [0.3, 0.4) is 0 Å². The average Bonchev–Trinajstić information content (AvgIpc) is 3.07. The zero-order valence-electron chi connectivity index (χ0n) is 14.6. The Morgan fingerprint density at radius 1 is 1.12 bits per heavy atom. The van der Waals surface area contributed by atoms with Gasteiger partial charge in [0.1, 0.15) is 0 Å². The van der Waals surface area contributed by atoms with Gasteiger partial charge in [-0.1, -0.05) is 53.7 Å². The highest BCUT2D eigenvalue weighted by molar-refractivity contribution is 8.02. The van der Waals surface area contributed by atoms with E-state index < -0.39 is 21.2 Å². The number of rotatable bonds is 6. The highest BCUT2D eigenvalue weighted by Crippen LogP contribution is 2.33. The van der Waals surface area contributed by atoms with Crippen molar-refractivity contribution in [2.24, 2.45) is 0 Å². The molecule has 0 amide bonds. The van der Waals surface area contributed by atoms with Crippen LogP contribution < -0.4 is 0 Å². The van der Waals surface area contributed by atoms with Crippen molar-refractivity contribution in [1.29, 1.82) is 0 Å². The van der Waals surface area contributed by atoms with Crippen LogP contribution in [0.25, 0.3) is 0 Å². The zero-order valence-corrected chi connectivity index (χ0v) is 16.2. The van der Waals surface area contributed by atoms with E-state index >= 15 is 0 Å². The summed E-state index contributed by atoms with van der Waals surface area (Å²) >= 11 is 1.55. The van der Waals surface area contributed by atoms with E-state index in [1.807, 2.05) is 60.9 Å². The first-order valence-electron chi connectivity index (χ1n) is 8.47. The van der Waals surface area contributed by atoms with Gasteiger partial charge in [-0.2, -0.15) is 0 Å². The predicted molar refractivity (Wildman–Crippen MR) is 107 cm³/mol. The van der Waals surface area contributed by atoms with Crippen LogP contribution in [0.1, 0.15) is 12.0 Å². The SMILES string of the molecule is C=C[C@H]1C[C@@H](S(=O)(=O)c2ccc(C)cc2)[C@@H](/C=C/Sc2ccccc2)O1. The Balaban J connectivity index is 1.81. The Labute approximate surface area is 159 Å². The summed E-state index contributed by atoms with van der Waals surface area (Å²) in [6.45, 7) is 5.70. The lowest BCUT2D eigenvalue weighted by molar-refractivity contribution is 0.101. The summed E-state index contributed by atoms with van der Waals surface area (Å²) in [7, 11) is -3.48. The van der Waals surface area contributed by atoms with Gasteiger partial charge in [0, 0.05) is 4.90 Å². The molecule has 3 nitrogen and oxygen atoms in total. The number of sulfone groups is 1. The van der Waals surface area contributed by atoms with Gasteiger partial charge in [0.2, 0.25) is 0 Å². The van der Waals surface area contributed by atoms with Crippen molar-refractivity contribution < 1.29 is 13.2 Å². The van der Waals surface area contributed by atoms with E-state index in [0.29, 0.717) is 11.3 Å². The molecule has 0 bridgehead atoms. The molecule has 0 radical (unpaired) electrons. The monoisotopic (exact) mass is 386 g/mol. The maximum absolute atomic E-state index is 13.1. The minimum absolute atomic E-state index is 0.253. The fraction of sp³-hybridized carbons (Fsp3) is 0.238. The van der Waals surface area contributed by atoms with Crippen LogP contribution in [0, 0.1) is 6.92 Å². The maximum Gasteiger partial charge on any atom is 0.184 e. The summed E-state index contributed by atoms with van der Waals surface area (Å²) in [4.78, 5) is 1.44. The van der Waals surface area contributed by atoms with E-state index in [1.165, 1.54) is 0 Å². The van der Waals surface area contributed by atoms with Gasteiger partial charge in [-0.15, -0.1) is 6.58 Å². The van der Waals surface area contributed by atoms with Crippen LogP contribution in [0.4, 0.5) is 0 Å². The van der Waals surface area contributed by atoms with Crippen molar-refractivity contribution in [2.45, 2.75) is 40.6 Å². The Hall–Kier alpha value is -1.82. The maximum atomic E-state index is 13.1. The third kappa shape index (κ3) is 4.29. The molecule has 0 spiro atoms. The molecule has 1 fully saturated rings. The van der Waals surface area contributed by atoms with Crippen molar-refractivity contribution in [3.8, 4) is 0 Å². The fourth-order valence-electron chi connectivity index (χ4n) is 2.93. The summed E-state index contributed by atoms with van der Waals surface area (Å²) in [5, 5.41) is 1.30. The molecule has 0 unspecified atom stereocenters. The Kier molecular flexibility index (Phi) is 6.01. The largest absolute Gasteiger partial charge is 0.365 e. The summed E-state index contributed by atoms with van der Waals surface area (Å²) in [6.07, 6.45) is 3.20. The van der Waals surface area contributed by atoms with Crippen LogP contribution in [0.2, 0.25) is 0 Å².